The van der Waals surface area contributed by atoms with Crippen molar-refractivity contribution in [2.45, 2.75) is 82.3 Å². The minimum absolute atomic E-state index is 0.0263. The van der Waals surface area contributed by atoms with Crippen LogP contribution in [0.1, 0.15) is 72.4 Å². The maximum absolute atomic E-state index is 13.5. The zero-order valence-electron chi connectivity index (χ0n) is 27.3. The summed E-state index contributed by atoms with van der Waals surface area (Å²) in [5.41, 5.74) is 16.2. The number of carbonyl (C=O) groups is 2. The molecule has 11 nitrogen and oxygen atoms in total. The molecule has 1 aliphatic carbocycles. The van der Waals surface area contributed by atoms with Crippen LogP contribution < -0.4 is 20.9 Å². The van der Waals surface area contributed by atoms with Crippen LogP contribution in [0.5, 0.6) is 5.75 Å². The molecule has 47 heavy (non-hydrogen) atoms. The van der Waals surface area contributed by atoms with Gasteiger partial charge in [0.25, 0.3) is 10.0 Å². The number of hydrogen-bond acceptors (Lipinski definition) is 8. The molecule has 0 amide bonds. The third-order valence-corrected chi connectivity index (χ3v) is 10.9. The number of nitrogens with zero attached hydrogens (tertiary/aromatic N) is 1. The Bertz CT molecular complexity index is 1840. The van der Waals surface area contributed by atoms with Gasteiger partial charge in [0.05, 0.1) is 4.90 Å². The Balaban J connectivity index is 1.23. The number of carboxylic acids is 1. The highest BCUT2D eigenvalue weighted by Gasteiger charge is 2.44. The second kappa shape index (κ2) is 12.6. The fraction of sp³-hybridized carbons (Fsp3) is 0.400. The molecule has 1 atom stereocenters. The van der Waals surface area contributed by atoms with Crippen LogP contribution in [0.4, 0.5) is 0 Å². The minimum atomic E-state index is -4.11. The number of hydrogen-bond donors (Lipinski definition) is 4. The first-order valence-electron chi connectivity index (χ1n) is 15.6. The van der Waals surface area contributed by atoms with E-state index in [9.17, 15) is 23.1 Å². The molecule has 250 valence electrons. The first-order chi connectivity index (χ1) is 22.1. The fourth-order valence-corrected chi connectivity index (χ4v) is 8.08. The van der Waals surface area contributed by atoms with Crippen molar-refractivity contribution in [3.05, 3.63) is 81.9 Å². The molecule has 0 unspecified atom stereocenters. The van der Waals surface area contributed by atoms with Crippen LogP contribution in [-0.2, 0) is 30.8 Å². The molecule has 0 aromatic heterocycles. The van der Waals surface area contributed by atoms with E-state index in [1.807, 2.05) is 69.3 Å². The van der Waals surface area contributed by atoms with Crippen LogP contribution in [0.3, 0.4) is 0 Å². The topological polar surface area (TPSA) is 183 Å². The molecule has 6 N–H and O–H groups in total. The van der Waals surface area contributed by atoms with Gasteiger partial charge in [-0.3, -0.25) is 4.99 Å². The Hall–Kier alpha value is -4.42. The number of fused-ring (bicyclic) bond motifs is 4. The number of ether oxygens (including phenoxy) is 2. The van der Waals surface area contributed by atoms with Crippen LogP contribution in [0, 0.1) is 20.8 Å². The van der Waals surface area contributed by atoms with Crippen molar-refractivity contribution in [1.29, 1.82) is 0 Å². The van der Waals surface area contributed by atoms with Crippen molar-refractivity contribution in [3.8, 4) is 16.9 Å². The van der Waals surface area contributed by atoms with Crippen molar-refractivity contribution in [3.63, 3.8) is 0 Å². The minimum Gasteiger partial charge on any atom is -0.487 e. The Morgan fingerprint density at radius 1 is 1.04 bits per heavy atom. The molecule has 0 fully saturated rings. The largest absolute Gasteiger partial charge is 0.487 e. The molecule has 12 heteroatoms. The summed E-state index contributed by atoms with van der Waals surface area (Å²) in [4.78, 5) is 29.5. The van der Waals surface area contributed by atoms with Crippen LogP contribution in [0.2, 0.25) is 0 Å². The van der Waals surface area contributed by atoms with E-state index in [4.69, 9.17) is 20.9 Å². The van der Waals surface area contributed by atoms with E-state index >= 15 is 0 Å². The van der Waals surface area contributed by atoms with Gasteiger partial charge in [-0.1, -0.05) is 48.5 Å². The maximum atomic E-state index is 13.5. The molecule has 0 spiro atoms. The van der Waals surface area contributed by atoms with Crippen molar-refractivity contribution in [2.75, 3.05) is 13.2 Å². The average molecular weight is 663 g/mol. The molecular weight excluding hydrogens is 620 g/mol. The van der Waals surface area contributed by atoms with Crippen LogP contribution >= 0.6 is 0 Å². The van der Waals surface area contributed by atoms with E-state index < -0.39 is 27.5 Å². The number of aliphatic imine (C=N–C) groups is 1. The number of esters is 1. The van der Waals surface area contributed by atoms with Gasteiger partial charge in [0.15, 0.2) is 0 Å². The van der Waals surface area contributed by atoms with Gasteiger partial charge >= 0.3 is 11.9 Å². The molecule has 1 heterocycles. The number of aliphatic carboxylic acids is 1. The predicted octanol–water partition coefficient (Wildman–Crippen LogP) is 4.23. The summed E-state index contributed by atoms with van der Waals surface area (Å²) >= 11 is 0. The molecule has 1 aliphatic heterocycles. The molecule has 0 radical (unpaired) electrons. The zero-order chi connectivity index (χ0) is 34.3. The first kappa shape index (κ1) is 33.9. The third kappa shape index (κ3) is 6.44. The number of sulfonamides is 1. The standard InChI is InChI=1S/C35H42N4O7S/c1-20-21(2)30(22(3)23-15-17-34(4,5)46-29(20)23)47(43,44)39-33(36)38-18-10-16-35(37,31(40)41)32(42)45-19-28-26-13-8-6-11-24(26)25-12-7-9-14-27(25)28/h6-9,11-14,28H,10,15-19,37H2,1-5H3,(H,40,41)(H3,36,38,39)/t35-/m1/s1. The summed E-state index contributed by atoms with van der Waals surface area (Å²) in [6.45, 7) is 9.18. The van der Waals surface area contributed by atoms with E-state index in [2.05, 4.69) is 9.71 Å². The van der Waals surface area contributed by atoms with Crippen LogP contribution in [0.25, 0.3) is 11.1 Å². The lowest BCUT2D eigenvalue weighted by Crippen LogP contribution is -2.56. The molecule has 0 bridgehead atoms. The van der Waals surface area contributed by atoms with Crippen molar-refractivity contribution >= 4 is 27.9 Å². The first-order valence-corrected chi connectivity index (χ1v) is 17.1. The van der Waals surface area contributed by atoms with Crippen LogP contribution in [-0.4, -0.2) is 55.7 Å². The van der Waals surface area contributed by atoms with Gasteiger partial charge in [0.1, 0.15) is 18.0 Å². The smallest absolute Gasteiger partial charge is 0.337 e. The average Bonchev–Trinajstić information content (AvgIpc) is 3.33. The molecule has 2 aliphatic rings. The van der Waals surface area contributed by atoms with Crippen molar-refractivity contribution < 1.29 is 32.6 Å². The van der Waals surface area contributed by atoms with E-state index in [0.29, 0.717) is 17.5 Å². The highest BCUT2D eigenvalue weighted by atomic mass is 32.2. The SMILES string of the molecule is Cc1c(C)c(S(=O)(=O)NC(N)=NCCC[C@@](N)(C(=O)O)C(=O)OCC2c3ccccc3-c3ccccc32)c(C)c2c1OC(C)(C)CC2. The molecule has 0 saturated carbocycles. The molecule has 5 rings (SSSR count). The van der Waals surface area contributed by atoms with Gasteiger partial charge in [-0.2, -0.15) is 0 Å². The summed E-state index contributed by atoms with van der Waals surface area (Å²) < 4.78 is 41.0. The van der Waals surface area contributed by atoms with Gasteiger partial charge in [-0.25, -0.2) is 22.7 Å². The normalized spacial score (nSPS) is 16.7. The molecule has 3 aromatic carbocycles. The summed E-state index contributed by atoms with van der Waals surface area (Å²) in [7, 11) is -4.11. The highest BCUT2D eigenvalue weighted by molar-refractivity contribution is 7.90. The summed E-state index contributed by atoms with van der Waals surface area (Å²) in [5, 5.41) is 9.90. The van der Waals surface area contributed by atoms with Crippen molar-refractivity contribution in [2.24, 2.45) is 16.5 Å². The van der Waals surface area contributed by atoms with Crippen molar-refractivity contribution in [1.82, 2.24) is 4.72 Å². The second-order valence-electron chi connectivity index (χ2n) is 13.0. The van der Waals surface area contributed by atoms with Gasteiger partial charge in [0, 0.05) is 12.5 Å². The Kier molecular flexibility index (Phi) is 9.13. The quantitative estimate of drug-likeness (QED) is 0.0811. The number of benzene rings is 3. The van der Waals surface area contributed by atoms with Gasteiger partial charge in [-0.05, 0) is 105 Å². The molecule has 0 saturated heterocycles. The van der Waals surface area contributed by atoms with Crippen LogP contribution in [0.15, 0.2) is 58.4 Å². The highest BCUT2D eigenvalue weighted by Crippen LogP contribution is 2.45. The Morgan fingerprint density at radius 2 is 1.64 bits per heavy atom. The lowest BCUT2D eigenvalue weighted by atomic mass is 9.88. The molecular formula is C35H42N4O7S. The summed E-state index contributed by atoms with van der Waals surface area (Å²) in [5.74, 6) is -2.50. The Labute approximate surface area is 275 Å². The van der Waals surface area contributed by atoms with E-state index in [0.717, 1.165) is 45.6 Å². The number of carboxylic acid groups (broad SMARTS) is 1. The van der Waals surface area contributed by atoms with E-state index in [1.165, 1.54) is 0 Å². The zero-order valence-corrected chi connectivity index (χ0v) is 28.2. The second-order valence-corrected chi connectivity index (χ2v) is 14.6. The summed E-state index contributed by atoms with van der Waals surface area (Å²) in [6, 6.07) is 15.6. The third-order valence-electron chi connectivity index (χ3n) is 9.28. The van der Waals surface area contributed by atoms with Gasteiger partial charge in [-0.15, -0.1) is 0 Å². The lowest BCUT2D eigenvalue weighted by molar-refractivity contribution is -0.161. The lowest BCUT2D eigenvalue weighted by Gasteiger charge is -2.35. The Morgan fingerprint density at radius 3 is 2.23 bits per heavy atom. The van der Waals surface area contributed by atoms with Gasteiger partial charge < -0.3 is 26.0 Å². The van der Waals surface area contributed by atoms with E-state index in [1.54, 1.807) is 13.8 Å². The number of carbonyl (C=O) groups excluding carboxylic acids is 1. The van der Waals surface area contributed by atoms with Gasteiger partial charge in [0.2, 0.25) is 11.5 Å². The molecule has 3 aromatic rings. The monoisotopic (exact) mass is 662 g/mol. The number of nitrogens with one attached hydrogen (secondary N) is 1. The number of guanidine groups is 1. The maximum Gasteiger partial charge on any atom is 0.337 e. The fourth-order valence-electron chi connectivity index (χ4n) is 6.55. The predicted molar refractivity (Wildman–Crippen MR) is 179 cm³/mol. The number of nitrogens with two attached hydrogens (primary N) is 2. The van der Waals surface area contributed by atoms with E-state index in [-0.39, 0.29) is 48.4 Å². The summed E-state index contributed by atoms with van der Waals surface area (Å²) in [6.07, 6.45) is 1.14. The number of rotatable bonds is 10.